The van der Waals surface area contributed by atoms with E-state index in [0.29, 0.717) is 0 Å². The summed E-state index contributed by atoms with van der Waals surface area (Å²) in [6.07, 6.45) is -4.54. The Bertz CT molecular complexity index is 681. The molecular formula is C13H11F3N4S. The Kier molecular flexibility index (Phi) is 4.14. The summed E-state index contributed by atoms with van der Waals surface area (Å²) in [4.78, 5) is 8.80. The summed E-state index contributed by atoms with van der Waals surface area (Å²) in [5, 5.41) is 12.4. The van der Waals surface area contributed by atoms with E-state index < -0.39 is 11.9 Å². The molecule has 0 amide bonds. The fourth-order valence-electron chi connectivity index (χ4n) is 1.62. The molecule has 0 saturated carbocycles. The van der Waals surface area contributed by atoms with Crippen LogP contribution < -0.4 is 5.32 Å². The van der Waals surface area contributed by atoms with Crippen molar-refractivity contribution in [3.05, 3.63) is 39.0 Å². The van der Waals surface area contributed by atoms with Gasteiger partial charge in [0, 0.05) is 4.88 Å². The third-order valence-corrected chi connectivity index (χ3v) is 3.86. The van der Waals surface area contributed by atoms with Crippen LogP contribution >= 0.6 is 11.3 Å². The number of halogens is 3. The van der Waals surface area contributed by atoms with Gasteiger partial charge in [-0.1, -0.05) is 0 Å². The first-order valence-corrected chi connectivity index (χ1v) is 6.78. The van der Waals surface area contributed by atoms with Gasteiger partial charge in [0.1, 0.15) is 22.6 Å². The average Bonchev–Trinajstić information content (AvgIpc) is 2.74. The molecule has 0 saturated heterocycles. The zero-order chi connectivity index (χ0) is 15.6. The third-order valence-electron chi connectivity index (χ3n) is 2.79. The second-order valence-electron chi connectivity index (χ2n) is 4.30. The lowest BCUT2D eigenvalue weighted by atomic mass is 10.2. The maximum atomic E-state index is 12.6. The van der Waals surface area contributed by atoms with Crippen molar-refractivity contribution in [3.63, 3.8) is 0 Å². The first kappa shape index (κ1) is 15.3. The van der Waals surface area contributed by atoms with E-state index in [4.69, 9.17) is 5.26 Å². The van der Waals surface area contributed by atoms with Crippen molar-refractivity contribution in [3.8, 4) is 6.07 Å². The summed E-state index contributed by atoms with van der Waals surface area (Å²) in [5.74, 6) is -0.0853. The molecule has 21 heavy (non-hydrogen) atoms. The number of aryl methyl sites for hydroxylation is 2. The van der Waals surface area contributed by atoms with Gasteiger partial charge in [-0.05, 0) is 26.0 Å². The predicted molar refractivity (Wildman–Crippen MR) is 72.9 cm³/mol. The summed E-state index contributed by atoms with van der Waals surface area (Å²) < 4.78 is 37.9. The largest absolute Gasteiger partial charge is 0.433 e. The van der Waals surface area contributed by atoms with Crippen LogP contribution in [0.15, 0.2) is 12.1 Å². The SMILES string of the molecule is Cc1nc(CNc2nc(C(F)(F)F)ccc2C#N)sc1C. The van der Waals surface area contributed by atoms with Crippen molar-refractivity contribution >= 4 is 17.2 Å². The number of rotatable bonds is 3. The number of nitrogens with one attached hydrogen (secondary N) is 1. The van der Waals surface area contributed by atoms with E-state index in [2.05, 4.69) is 15.3 Å². The molecule has 2 aromatic heterocycles. The highest BCUT2D eigenvalue weighted by atomic mass is 32.1. The van der Waals surface area contributed by atoms with Gasteiger partial charge in [-0.3, -0.25) is 0 Å². The van der Waals surface area contributed by atoms with Gasteiger partial charge in [0.05, 0.1) is 17.8 Å². The second kappa shape index (κ2) is 5.69. The molecule has 0 aliphatic rings. The average molecular weight is 312 g/mol. The molecule has 0 aliphatic heterocycles. The molecule has 0 unspecified atom stereocenters. The fraction of sp³-hybridized carbons (Fsp3) is 0.308. The molecular weight excluding hydrogens is 301 g/mol. The number of thiazole rings is 1. The smallest absolute Gasteiger partial charge is 0.362 e. The monoisotopic (exact) mass is 312 g/mol. The Hall–Kier alpha value is -2.14. The van der Waals surface area contributed by atoms with E-state index in [1.165, 1.54) is 11.3 Å². The van der Waals surface area contributed by atoms with E-state index in [9.17, 15) is 13.2 Å². The number of anilines is 1. The Morgan fingerprint density at radius 3 is 2.52 bits per heavy atom. The quantitative estimate of drug-likeness (QED) is 0.939. The normalized spacial score (nSPS) is 11.2. The number of aromatic nitrogens is 2. The van der Waals surface area contributed by atoms with Gasteiger partial charge in [-0.2, -0.15) is 18.4 Å². The fourth-order valence-corrected chi connectivity index (χ4v) is 2.49. The van der Waals surface area contributed by atoms with Crippen LogP contribution in [0.5, 0.6) is 0 Å². The number of nitrogens with zero attached hydrogens (tertiary/aromatic N) is 3. The zero-order valence-corrected chi connectivity index (χ0v) is 12.1. The number of hydrogen-bond donors (Lipinski definition) is 1. The number of hydrogen-bond acceptors (Lipinski definition) is 5. The van der Waals surface area contributed by atoms with Gasteiger partial charge in [0.15, 0.2) is 0 Å². The molecule has 4 nitrogen and oxygen atoms in total. The maximum Gasteiger partial charge on any atom is 0.433 e. The topological polar surface area (TPSA) is 61.6 Å². The van der Waals surface area contributed by atoms with Gasteiger partial charge in [0.25, 0.3) is 0 Å². The summed E-state index contributed by atoms with van der Waals surface area (Å²) in [6, 6.07) is 3.72. The highest BCUT2D eigenvalue weighted by Crippen LogP contribution is 2.29. The molecule has 2 rings (SSSR count). The van der Waals surface area contributed by atoms with Gasteiger partial charge in [0.2, 0.25) is 0 Å². The van der Waals surface area contributed by atoms with Crippen LogP contribution in [0.25, 0.3) is 0 Å². The number of pyridine rings is 1. The Morgan fingerprint density at radius 1 is 1.29 bits per heavy atom. The van der Waals surface area contributed by atoms with Gasteiger partial charge in [-0.15, -0.1) is 11.3 Å². The Morgan fingerprint density at radius 2 is 2.00 bits per heavy atom. The lowest BCUT2D eigenvalue weighted by Gasteiger charge is -2.10. The minimum absolute atomic E-state index is 0.0630. The van der Waals surface area contributed by atoms with Crippen LogP contribution in [0.1, 0.15) is 26.8 Å². The standard InChI is InChI=1S/C13H11F3N4S/c1-7-8(2)21-11(19-7)6-18-12-9(5-17)3-4-10(20-12)13(14,15)16/h3-4H,6H2,1-2H3,(H,18,20). The molecule has 2 heterocycles. The van der Waals surface area contributed by atoms with E-state index in [1.807, 2.05) is 19.9 Å². The van der Waals surface area contributed by atoms with Crippen molar-refractivity contribution in [2.75, 3.05) is 5.32 Å². The Labute approximate surface area is 123 Å². The molecule has 0 radical (unpaired) electrons. The molecule has 0 aliphatic carbocycles. The van der Waals surface area contributed by atoms with Crippen molar-refractivity contribution in [2.24, 2.45) is 0 Å². The minimum Gasteiger partial charge on any atom is -0.362 e. The molecule has 0 bridgehead atoms. The van der Waals surface area contributed by atoms with E-state index in [0.717, 1.165) is 27.7 Å². The molecule has 2 aromatic rings. The summed E-state index contributed by atoms with van der Waals surface area (Å²) in [6.45, 7) is 4.00. The third kappa shape index (κ3) is 3.49. The lowest BCUT2D eigenvalue weighted by Crippen LogP contribution is -2.11. The molecule has 110 valence electrons. The Balaban J connectivity index is 2.24. The molecule has 0 atom stereocenters. The zero-order valence-electron chi connectivity index (χ0n) is 11.2. The highest BCUT2D eigenvalue weighted by molar-refractivity contribution is 7.11. The van der Waals surface area contributed by atoms with Crippen LogP contribution in [0.3, 0.4) is 0 Å². The molecule has 0 spiro atoms. The van der Waals surface area contributed by atoms with E-state index in [-0.39, 0.29) is 17.9 Å². The lowest BCUT2D eigenvalue weighted by molar-refractivity contribution is -0.141. The van der Waals surface area contributed by atoms with Crippen molar-refractivity contribution in [1.82, 2.24) is 9.97 Å². The van der Waals surface area contributed by atoms with Gasteiger partial charge < -0.3 is 5.32 Å². The first-order valence-electron chi connectivity index (χ1n) is 5.96. The summed E-state index contributed by atoms with van der Waals surface area (Å²) >= 11 is 1.45. The second-order valence-corrected chi connectivity index (χ2v) is 5.59. The molecule has 0 aromatic carbocycles. The van der Waals surface area contributed by atoms with Gasteiger partial charge in [-0.25, -0.2) is 9.97 Å². The molecule has 8 heteroatoms. The van der Waals surface area contributed by atoms with Gasteiger partial charge >= 0.3 is 6.18 Å². The van der Waals surface area contributed by atoms with Crippen molar-refractivity contribution in [1.29, 1.82) is 5.26 Å². The van der Waals surface area contributed by atoms with E-state index in [1.54, 1.807) is 0 Å². The molecule has 0 fully saturated rings. The predicted octanol–water partition coefficient (Wildman–Crippen LogP) is 3.66. The first-order chi connectivity index (χ1) is 9.81. The number of alkyl halides is 3. The maximum absolute atomic E-state index is 12.6. The minimum atomic E-state index is -4.54. The summed E-state index contributed by atoms with van der Waals surface area (Å²) in [5.41, 5.74) is -0.0854. The number of nitriles is 1. The van der Waals surface area contributed by atoms with Crippen LogP contribution in [-0.2, 0) is 12.7 Å². The van der Waals surface area contributed by atoms with Crippen LogP contribution in [0.4, 0.5) is 19.0 Å². The highest BCUT2D eigenvalue weighted by Gasteiger charge is 2.33. The van der Waals surface area contributed by atoms with E-state index >= 15 is 0 Å². The van der Waals surface area contributed by atoms with Crippen LogP contribution in [0, 0.1) is 25.2 Å². The van der Waals surface area contributed by atoms with Crippen molar-refractivity contribution in [2.45, 2.75) is 26.6 Å². The van der Waals surface area contributed by atoms with Crippen LogP contribution in [0.2, 0.25) is 0 Å². The van der Waals surface area contributed by atoms with Crippen LogP contribution in [-0.4, -0.2) is 9.97 Å². The van der Waals surface area contributed by atoms with Crippen molar-refractivity contribution < 1.29 is 13.2 Å². The molecule has 1 N–H and O–H groups in total. The summed E-state index contributed by atoms with van der Waals surface area (Å²) in [7, 11) is 0.